The molecule has 0 fully saturated rings. The largest absolute Gasteiger partial charge is 0.481 e. The number of para-hydroxylation sites is 2. The van der Waals surface area contributed by atoms with Crippen LogP contribution in [0.2, 0.25) is 0 Å². The highest BCUT2D eigenvalue weighted by Gasteiger charge is 2.15. The van der Waals surface area contributed by atoms with Gasteiger partial charge in [-0.25, -0.2) is 0 Å². The van der Waals surface area contributed by atoms with Crippen molar-refractivity contribution in [1.29, 1.82) is 0 Å². The lowest BCUT2D eigenvalue weighted by Crippen LogP contribution is -2.40. The zero-order valence-electron chi connectivity index (χ0n) is 14.7. The number of nitrogens with one attached hydrogen (secondary N) is 1. The third kappa shape index (κ3) is 5.01. The van der Waals surface area contributed by atoms with Gasteiger partial charge < -0.3 is 15.0 Å². The van der Waals surface area contributed by atoms with Gasteiger partial charge in [-0.1, -0.05) is 43.3 Å². The summed E-state index contributed by atoms with van der Waals surface area (Å²) >= 11 is 0. The molecule has 0 heterocycles. The number of ether oxygens (including phenoxy) is 1. The van der Waals surface area contributed by atoms with Gasteiger partial charge in [-0.3, -0.25) is 4.79 Å². The molecule has 0 saturated carbocycles. The molecule has 0 spiro atoms. The second-order valence-electron chi connectivity index (χ2n) is 5.77. The predicted octanol–water partition coefficient (Wildman–Crippen LogP) is 3.27. The van der Waals surface area contributed by atoms with E-state index in [2.05, 4.69) is 29.3 Å². The molecule has 1 amide bonds. The fourth-order valence-electron chi connectivity index (χ4n) is 2.46. The van der Waals surface area contributed by atoms with Gasteiger partial charge in [0.2, 0.25) is 0 Å². The molecule has 2 aromatic rings. The van der Waals surface area contributed by atoms with E-state index in [0.29, 0.717) is 6.54 Å². The third-order valence-electron chi connectivity index (χ3n) is 3.97. The summed E-state index contributed by atoms with van der Waals surface area (Å²) in [5.74, 6) is 0.687. The van der Waals surface area contributed by atoms with E-state index in [-0.39, 0.29) is 5.91 Å². The van der Waals surface area contributed by atoms with Crippen LogP contribution in [0.15, 0.2) is 54.6 Å². The maximum Gasteiger partial charge on any atom is 0.260 e. The van der Waals surface area contributed by atoms with E-state index in [1.54, 1.807) is 6.92 Å². The molecule has 24 heavy (non-hydrogen) atoms. The number of carbonyl (C=O) groups is 1. The van der Waals surface area contributed by atoms with Crippen molar-refractivity contribution in [2.75, 3.05) is 25.0 Å². The van der Waals surface area contributed by atoms with Crippen molar-refractivity contribution in [2.45, 2.75) is 26.4 Å². The molecule has 2 aromatic carbocycles. The number of amides is 1. The van der Waals surface area contributed by atoms with Crippen molar-refractivity contribution in [3.63, 3.8) is 0 Å². The first-order valence-electron chi connectivity index (χ1n) is 8.40. The number of hydrogen-bond donors (Lipinski definition) is 1. The van der Waals surface area contributed by atoms with Gasteiger partial charge in [-0.2, -0.15) is 0 Å². The number of aryl methyl sites for hydroxylation is 1. The molecule has 0 saturated heterocycles. The van der Waals surface area contributed by atoms with Crippen molar-refractivity contribution < 1.29 is 9.53 Å². The molecular weight excluding hydrogens is 300 g/mol. The second-order valence-corrected chi connectivity index (χ2v) is 5.77. The number of likely N-dealkylation sites (N-methyl/N-ethyl adjacent to an activating group) is 1. The molecule has 0 radical (unpaired) electrons. The summed E-state index contributed by atoms with van der Waals surface area (Å²) in [6.45, 7) is 5.18. The molecule has 0 aliphatic heterocycles. The Bertz CT molecular complexity index is 643. The summed E-state index contributed by atoms with van der Waals surface area (Å²) in [6.07, 6.45) is 0.367. The number of nitrogens with zero attached hydrogens (tertiary/aromatic N) is 1. The Labute approximate surface area is 144 Å². The number of hydrogen-bond acceptors (Lipinski definition) is 3. The van der Waals surface area contributed by atoms with Crippen LogP contribution in [0.1, 0.15) is 19.4 Å². The molecule has 4 heteroatoms. The molecule has 1 atom stereocenters. The summed E-state index contributed by atoms with van der Waals surface area (Å²) in [7, 11) is 2.01. The van der Waals surface area contributed by atoms with Crippen LogP contribution in [0.5, 0.6) is 5.75 Å². The predicted molar refractivity (Wildman–Crippen MR) is 98.6 cm³/mol. The standard InChI is InChI=1S/C20H26N2O2/c1-4-17-10-8-9-13-19(17)24-16(2)20(23)21-14-15-22(3)18-11-6-5-7-12-18/h5-13,16H,4,14-15H2,1-3H3,(H,21,23). The van der Waals surface area contributed by atoms with Gasteiger partial charge in [0.1, 0.15) is 5.75 Å². The molecule has 1 N–H and O–H groups in total. The normalized spacial score (nSPS) is 11.6. The van der Waals surface area contributed by atoms with Crippen LogP contribution < -0.4 is 15.0 Å². The van der Waals surface area contributed by atoms with Crippen LogP contribution in [0.25, 0.3) is 0 Å². The summed E-state index contributed by atoms with van der Waals surface area (Å²) in [5, 5.41) is 2.94. The zero-order valence-corrected chi connectivity index (χ0v) is 14.7. The molecule has 4 nitrogen and oxygen atoms in total. The fraction of sp³-hybridized carbons (Fsp3) is 0.350. The number of carbonyl (C=O) groups excluding carboxylic acids is 1. The van der Waals surface area contributed by atoms with Gasteiger partial charge in [0.05, 0.1) is 0 Å². The van der Waals surface area contributed by atoms with E-state index < -0.39 is 6.10 Å². The molecular formula is C20H26N2O2. The Kier molecular flexibility index (Phi) is 6.67. The first-order chi connectivity index (χ1) is 11.6. The van der Waals surface area contributed by atoms with E-state index in [1.165, 1.54) is 0 Å². The van der Waals surface area contributed by atoms with E-state index in [4.69, 9.17) is 4.74 Å². The maximum atomic E-state index is 12.2. The number of anilines is 1. The molecule has 0 aliphatic carbocycles. The van der Waals surface area contributed by atoms with E-state index in [1.807, 2.05) is 49.5 Å². The highest BCUT2D eigenvalue weighted by Crippen LogP contribution is 2.19. The van der Waals surface area contributed by atoms with Gasteiger partial charge in [0.25, 0.3) is 5.91 Å². The number of benzene rings is 2. The molecule has 0 aromatic heterocycles. The minimum absolute atomic E-state index is 0.0950. The fourth-order valence-corrected chi connectivity index (χ4v) is 2.46. The van der Waals surface area contributed by atoms with Crippen LogP contribution >= 0.6 is 0 Å². The lowest BCUT2D eigenvalue weighted by molar-refractivity contribution is -0.127. The topological polar surface area (TPSA) is 41.6 Å². The lowest BCUT2D eigenvalue weighted by Gasteiger charge is -2.21. The minimum Gasteiger partial charge on any atom is -0.481 e. The van der Waals surface area contributed by atoms with Gasteiger partial charge in [-0.15, -0.1) is 0 Å². The van der Waals surface area contributed by atoms with Crippen LogP contribution in [0.4, 0.5) is 5.69 Å². The van der Waals surface area contributed by atoms with Crippen molar-refractivity contribution >= 4 is 11.6 Å². The van der Waals surface area contributed by atoms with Crippen molar-refractivity contribution in [3.05, 3.63) is 60.2 Å². The van der Waals surface area contributed by atoms with Crippen molar-refractivity contribution in [2.24, 2.45) is 0 Å². The van der Waals surface area contributed by atoms with Gasteiger partial charge >= 0.3 is 0 Å². The zero-order chi connectivity index (χ0) is 17.4. The minimum atomic E-state index is -0.514. The van der Waals surface area contributed by atoms with Crippen LogP contribution in [0.3, 0.4) is 0 Å². The second kappa shape index (κ2) is 8.96. The molecule has 0 aliphatic rings. The highest BCUT2D eigenvalue weighted by atomic mass is 16.5. The monoisotopic (exact) mass is 326 g/mol. The van der Waals surface area contributed by atoms with E-state index >= 15 is 0 Å². The Morgan fingerprint density at radius 2 is 1.79 bits per heavy atom. The SMILES string of the molecule is CCc1ccccc1OC(C)C(=O)NCCN(C)c1ccccc1. The Hall–Kier alpha value is -2.49. The van der Waals surface area contributed by atoms with Crippen LogP contribution in [-0.4, -0.2) is 32.1 Å². The average Bonchev–Trinajstić information content (AvgIpc) is 2.62. The first kappa shape index (κ1) is 17.9. The molecule has 0 bridgehead atoms. The van der Waals surface area contributed by atoms with E-state index in [9.17, 15) is 4.79 Å². The Balaban J connectivity index is 1.79. The summed E-state index contributed by atoms with van der Waals surface area (Å²) in [4.78, 5) is 14.3. The highest BCUT2D eigenvalue weighted by molar-refractivity contribution is 5.80. The summed E-state index contributed by atoms with van der Waals surface area (Å²) < 4.78 is 5.81. The van der Waals surface area contributed by atoms with Crippen molar-refractivity contribution in [3.8, 4) is 5.75 Å². The molecule has 128 valence electrons. The number of rotatable bonds is 8. The lowest BCUT2D eigenvalue weighted by atomic mass is 10.1. The van der Waals surface area contributed by atoms with Crippen LogP contribution in [-0.2, 0) is 11.2 Å². The quantitative estimate of drug-likeness (QED) is 0.809. The maximum absolute atomic E-state index is 12.2. The van der Waals surface area contributed by atoms with Gasteiger partial charge in [0.15, 0.2) is 6.10 Å². The van der Waals surface area contributed by atoms with Gasteiger partial charge in [0, 0.05) is 25.8 Å². The summed E-state index contributed by atoms with van der Waals surface area (Å²) in [6, 6.07) is 17.9. The Morgan fingerprint density at radius 1 is 1.12 bits per heavy atom. The molecule has 2 rings (SSSR count). The van der Waals surface area contributed by atoms with Crippen molar-refractivity contribution in [1.82, 2.24) is 5.32 Å². The average molecular weight is 326 g/mol. The first-order valence-corrected chi connectivity index (χ1v) is 8.40. The van der Waals surface area contributed by atoms with Crippen LogP contribution in [0, 0.1) is 0 Å². The third-order valence-corrected chi connectivity index (χ3v) is 3.97. The Morgan fingerprint density at radius 3 is 2.50 bits per heavy atom. The van der Waals surface area contributed by atoms with E-state index in [0.717, 1.165) is 30.0 Å². The molecule has 1 unspecified atom stereocenters. The smallest absolute Gasteiger partial charge is 0.260 e. The van der Waals surface area contributed by atoms with Gasteiger partial charge in [-0.05, 0) is 37.1 Å². The summed E-state index contributed by atoms with van der Waals surface area (Å²) in [5.41, 5.74) is 2.24.